The minimum Gasteiger partial charge on any atom is -0.129 e. The van der Waals surface area contributed by atoms with Crippen LogP contribution >= 0.6 is 0 Å². The maximum absolute atomic E-state index is 2.72. The highest BCUT2D eigenvalue weighted by atomic mass is 15.3. The molecule has 6 aromatic rings. The quantitative estimate of drug-likeness (QED) is 0.202. The summed E-state index contributed by atoms with van der Waals surface area (Å²) in [5, 5.41) is 0. The molecule has 0 saturated carbocycles. The molecule has 2 nitrogen and oxygen atoms in total. The molecule has 196 valence electrons. The lowest BCUT2D eigenvalue weighted by atomic mass is 9.61. The Balaban J connectivity index is 1.36. The summed E-state index contributed by atoms with van der Waals surface area (Å²) in [6.45, 7) is 0. The second-order valence-corrected chi connectivity index (χ2v) is 12.8. The van der Waals surface area contributed by atoms with Crippen LogP contribution in [-0.2, 0) is 24.9 Å². The second-order valence-electron chi connectivity index (χ2n) is 12.8. The first-order valence-corrected chi connectivity index (χ1v) is 15.3. The van der Waals surface area contributed by atoms with Crippen molar-refractivity contribution in [1.82, 2.24) is 0 Å². The molecule has 0 N–H and O–H groups in total. The van der Waals surface area contributed by atoms with Gasteiger partial charge in [-0.3, -0.25) is 0 Å². The molecule has 42 heavy (non-hydrogen) atoms. The molecule has 0 fully saturated rings. The van der Waals surface area contributed by atoms with E-state index in [1.54, 1.807) is 0 Å². The first-order valence-electron chi connectivity index (χ1n) is 15.3. The van der Waals surface area contributed by atoms with Crippen molar-refractivity contribution in [1.29, 1.82) is 0 Å². The Hall–Kier alpha value is -4.82. The van der Waals surface area contributed by atoms with Crippen LogP contribution in [0.25, 0.3) is 0 Å². The summed E-state index contributed by atoms with van der Waals surface area (Å²) in [5.41, 5.74) is 20.1. The highest BCUT2D eigenvalue weighted by Gasteiger charge is 2.69. The molecule has 2 aromatic heterocycles. The van der Waals surface area contributed by atoms with E-state index in [0.717, 1.165) is 19.3 Å². The van der Waals surface area contributed by atoms with Gasteiger partial charge >= 0.3 is 5.66 Å². The van der Waals surface area contributed by atoms with Crippen LogP contribution in [0.5, 0.6) is 0 Å². The van der Waals surface area contributed by atoms with E-state index in [2.05, 4.69) is 131 Å². The molecule has 0 radical (unpaired) electrons. The minimum atomic E-state index is -0.460. The summed E-state index contributed by atoms with van der Waals surface area (Å²) in [6.07, 6.45) is 7.73. The molecular weight excluding hydrogens is 508 g/mol. The van der Waals surface area contributed by atoms with Gasteiger partial charge in [0.25, 0.3) is 0 Å². The number of hydrogen-bond donors (Lipinski definition) is 0. The fraction of sp³-hybridized carbons (Fsp3) is 0.150. The lowest BCUT2D eigenvalue weighted by molar-refractivity contribution is -0.980. The van der Waals surface area contributed by atoms with E-state index in [9.17, 15) is 0 Å². The predicted octanol–water partition coefficient (Wildman–Crippen LogP) is 6.26. The van der Waals surface area contributed by atoms with Gasteiger partial charge in [-0.05, 0) is 63.1 Å². The first-order chi connectivity index (χ1) is 20.8. The lowest BCUT2D eigenvalue weighted by Crippen LogP contribution is -2.81. The average Bonchev–Trinajstić information content (AvgIpc) is 3.04. The van der Waals surface area contributed by atoms with Crippen LogP contribution in [0.4, 0.5) is 0 Å². The zero-order valence-corrected chi connectivity index (χ0v) is 23.2. The summed E-state index contributed by atoms with van der Waals surface area (Å²) in [7, 11) is 0. The van der Waals surface area contributed by atoms with Crippen molar-refractivity contribution in [2.45, 2.75) is 36.8 Å². The number of benzene rings is 4. The molecule has 4 heterocycles. The number of aromatic nitrogens is 2. The molecule has 5 aliphatic rings. The second kappa shape index (κ2) is 7.33. The molecule has 3 aliphatic carbocycles. The standard InChI is InChI=1S/C40H28N2/c1-3-15-30-24(9-1)21-28-13-7-19-41-38(28)34(30)32-17-5-11-26-23-27-12-6-18-33-35-31-16-4-2-10-25(31)22-29-14-8-20-42(39(29)35)40(41,36(26)32)37(27)33/h1-20,34-35H,21-23H2/q+2. The molecular formula is C40H28N2+2. The third-order valence-electron chi connectivity index (χ3n) is 11.0. The van der Waals surface area contributed by atoms with Gasteiger partial charge in [-0.2, -0.15) is 0 Å². The summed E-state index contributed by atoms with van der Waals surface area (Å²) in [6, 6.07) is 42.0. The van der Waals surface area contributed by atoms with Crippen molar-refractivity contribution in [2.24, 2.45) is 0 Å². The largest absolute Gasteiger partial charge is 0.416 e. The van der Waals surface area contributed by atoms with Gasteiger partial charge in [-0.15, -0.1) is 9.13 Å². The van der Waals surface area contributed by atoms with Gasteiger partial charge in [0.1, 0.15) is 11.1 Å². The maximum atomic E-state index is 2.72. The van der Waals surface area contributed by atoms with Crippen LogP contribution in [0, 0.1) is 0 Å². The normalized spacial score (nSPS) is 22.1. The number of fused-ring (bicyclic) bond motifs is 6. The van der Waals surface area contributed by atoms with Crippen LogP contribution in [0.3, 0.4) is 0 Å². The Morgan fingerprint density at radius 1 is 0.405 bits per heavy atom. The smallest absolute Gasteiger partial charge is 0.129 e. The zero-order chi connectivity index (χ0) is 27.2. The van der Waals surface area contributed by atoms with E-state index in [4.69, 9.17) is 0 Å². The van der Waals surface area contributed by atoms with E-state index in [0.29, 0.717) is 0 Å². The molecule has 4 aromatic carbocycles. The van der Waals surface area contributed by atoms with E-state index in [-0.39, 0.29) is 11.8 Å². The molecule has 2 aliphatic heterocycles. The Morgan fingerprint density at radius 3 is 1.33 bits per heavy atom. The topological polar surface area (TPSA) is 7.76 Å². The van der Waals surface area contributed by atoms with E-state index >= 15 is 0 Å². The van der Waals surface area contributed by atoms with Gasteiger partial charge in [0, 0.05) is 36.1 Å². The van der Waals surface area contributed by atoms with Gasteiger partial charge in [0.05, 0.1) is 11.8 Å². The summed E-state index contributed by atoms with van der Waals surface area (Å²) in [5.74, 6) is 0.470. The average molecular weight is 537 g/mol. The van der Waals surface area contributed by atoms with E-state index in [1.807, 2.05) is 0 Å². The molecule has 2 heteroatoms. The number of rotatable bonds is 0. The maximum Gasteiger partial charge on any atom is 0.416 e. The van der Waals surface area contributed by atoms with Gasteiger partial charge in [0.15, 0.2) is 12.4 Å². The SMILES string of the molecule is c1ccc2c(c1)Cc1ccc[n+]3c1C2c1cccc2c1C31c3c(cccc3C3c4ccccc4Cc4ccc[n+]1c43)C2. The molecule has 0 amide bonds. The van der Waals surface area contributed by atoms with Crippen molar-refractivity contribution < 1.29 is 9.13 Å². The van der Waals surface area contributed by atoms with Crippen LogP contribution < -0.4 is 9.13 Å². The Morgan fingerprint density at radius 2 is 0.810 bits per heavy atom. The fourth-order valence-electron chi connectivity index (χ4n) is 9.73. The van der Waals surface area contributed by atoms with Crippen LogP contribution in [0.1, 0.15) is 90.0 Å². The van der Waals surface area contributed by atoms with Crippen molar-refractivity contribution in [2.75, 3.05) is 0 Å². The van der Waals surface area contributed by atoms with Crippen LogP contribution in [-0.4, -0.2) is 0 Å². The number of nitrogens with zero attached hydrogens (tertiary/aromatic N) is 2. The van der Waals surface area contributed by atoms with Gasteiger partial charge < -0.3 is 0 Å². The van der Waals surface area contributed by atoms with Crippen molar-refractivity contribution in [3.05, 3.63) is 200 Å². The molecule has 2 unspecified atom stereocenters. The third-order valence-corrected chi connectivity index (χ3v) is 11.0. The highest BCUT2D eigenvalue weighted by molar-refractivity contribution is 5.65. The summed E-state index contributed by atoms with van der Waals surface area (Å²) >= 11 is 0. The number of hydrogen-bond acceptors (Lipinski definition) is 0. The third kappa shape index (κ3) is 2.32. The predicted molar refractivity (Wildman–Crippen MR) is 161 cm³/mol. The molecule has 1 spiro atoms. The van der Waals surface area contributed by atoms with E-state index in [1.165, 1.54) is 78.1 Å². The molecule has 0 saturated heterocycles. The van der Waals surface area contributed by atoms with Gasteiger partial charge in [-0.1, -0.05) is 84.9 Å². The van der Waals surface area contributed by atoms with Crippen molar-refractivity contribution >= 4 is 0 Å². The summed E-state index contributed by atoms with van der Waals surface area (Å²) in [4.78, 5) is 0. The van der Waals surface area contributed by atoms with Crippen molar-refractivity contribution in [3.8, 4) is 0 Å². The Kier molecular flexibility index (Phi) is 3.81. The zero-order valence-electron chi connectivity index (χ0n) is 23.2. The lowest BCUT2D eigenvalue weighted by Gasteiger charge is -2.45. The highest BCUT2D eigenvalue weighted by Crippen LogP contribution is 2.55. The Bertz CT molecular complexity index is 2050. The molecule has 0 bridgehead atoms. The van der Waals surface area contributed by atoms with Gasteiger partial charge in [-0.25, -0.2) is 0 Å². The van der Waals surface area contributed by atoms with Crippen LogP contribution in [0.15, 0.2) is 122 Å². The molecule has 2 atom stereocenters. The van der Waals surface area contributed by atoms with E-state index < -0.39 is 5.66 Å². The van der Waals surface area contributed by atoms with Crippen LogP contribution in [0.2, 0.25) is 0 Å². The minimum absolute atomic E-state index is 0.235. The monoisotopic (exact) mass is 536 g/mol. The molecule has 11 rings (SSSR count). The Labute approximate surface area is 245 Å². The summed E-state index contributed by atoms with van der Waals surface area (Å²) < 4.78 is 5.43. The fourth-order valence-corrected chi connectivity index (χ4v) is 9.73. The first kappa shape index (κ1) is 21.9. The van der Waals surface area contributed by atoms with Crippen molar-refractivity contribution in [3.63, 3.8) is 0 Å². The van der Waals surface area contributed by atoms with Gasteiger partial charge in [0.2, 0.25) is 11.4 Å². The number of pyridine rings is 2.